The van der Waals surface area contributed by atoms with Gasteiger partial charge in [0.1, 0.15) is 24.0 Å². The number of aryl methyl sites for hydroxylation is 1. The van der Waals surface area contributed by atoms with Gasteiger partial charge in [-0.05, 0) is 30.2 Å². The first-order chi connectivity index (χ1) is 14.6. The summed E-state index contributed by atoms with van der Waals surface area (Å²) in [6.07, 6.45) is 1.53. The van der Waals surface area contributed by atoms with E-state index in [4.69, 9.17) is 9.15 Å². The van der Waals surface area contributed by atoms with E-state index in [1.165, 1.54) is 11.3 Å². The quantitative estimate of drug-likeness (QED) is 0.418. The van der Waals surface area contributed by atoms with Crippen molar-refractivity contribution >= 4 is 27.4 Å². The van der Waals surface area contributed by atoms with Gasteiger partial charge in [-0.15, -0.1) is 11.3 Å². The van der Waals surface area contributed by atoms with Crippen LogP contribution in [0.5, 0.6) is 5.75 Å². The van der Waals surface area contributed by atoms with Crippen LogP contribution in [0.4, 0.5) is 5.13 Å². The molecule has 0 bridgehead atoms. The average Bonchev–Trinajstić information content (AvgIpc) is 3.28. The highest BCUT2D eigenvalue weighted by molar-refractivity contribution is 7.13. The normalized spacial score (nSPS) is 12.1. The van der Waals surface area contributed by atoms with E-state index in [0.717, 1.165) is 21.6 Å². The minimum absolute atomic E-state index is 0.110. The summed E-state index contributed by atoms with van der Waals surface area (Å²) in [4.78, 5) is 16.7. The van der Waals surface area contributed by atoms with Gasteiger partial charge in [0, 0.05) is 41.6 Å². The summed E-state index contributed by atoms with van der Waals surface area (Å²) < 4.78 is 11.3. The number of ether oxygens (including phenoxy) is 1. The molecule has 0 aliphatic heterocycles. The Balaban J connectivity index is 1.46. The number of nitrogens with one attached hydrogen (secondary N) is 1. The van der Waals surface area contributed by atoms with Crippen LogP contribution in [0.25, 0.3) is 11.0 Å². The van der Waals surface area contributed by atoms with E-state index < -0.39 is 6.10 Å². The molecular weight excluding hydrogens is 400 g/mol. The van der Waals surface area contributed by atoms with Crippen molar-refractivity contribution in [2.45, 2.75) is 19.4 Å². The van der Waals surface area contributed by atoms with Crippen molar-refractivity contribution < 1.29 is 14.3 Å². The molecule has 0 saturated carbocycles. The lowest BCUT2D eigenvalue weighted by Gasteiger charge is -2.14. The molecule has 0 spiro atoms. The van der Waals surface area contributed by atoms with Gasteiger partial charge in [0.15, 0.2) is 5.13 Å². The van der Waals surface area contributed by atoms with Gasteiger partial charge >= 0.3 is 5.63 Å². The van der Waals surface area contributed by atoms with Crippen molar-refractivity contribution in [1.29, 1.82) is 0 Å². The standard InChI is InChI=1S/C23H22N2O4S/c1-15-19-8-7-18(28-14-17(26)13-25-23-24-9-10-30-23)12-21(19)29-22(27)20(15)11-16-5-3-2-4-6-16/h2-10,12,17,26H,11,13-14H2,1H3,(H,24,25). The van der Waals surface area contributed by atoms with E-state index in [9.17, 15) is 9.90 Å². The molecule has 30 heavy (non-hydrogen) atoms. The molecule has 2 N–H and O–H groups in total. The molecule has 7 heteroatoms. The van der Waals surface area contributed by atoms with Crippen molar-refractivity contribution in [3.05, 3.63) is 87.2 Å². The molecule has 4 rings (SSSR count). The van der Waals surface area contributed by atoms with Crippen LogP contribution in [-0.2, 0) is 6.42 Å². The zero-order valence-electron chi connectivity index (χ0n) is 16.5. The highest BCUT2D eigenvalue weighted by Crippen LogP contribution is 2.25. The third-order valence-corrected chi connectivity index (χ3v) is 5.58. The minimum Gasteiger partial charge on any atom is -0.491 e. The molecule has 1 unspecified atom stereocenters. The Morgan fingerprint density at radius 3 is 2.83 bits per heavy atom. The van der Waals surface area contributed by atoms with E-state index in [1.807, 2.05) is 54.8 Å². The van der Waals surface area contributed by atoms with Crippen molar-refractivity contribution in [3.8, 4) is 5.75 Å². The zero-order chi connectivity index (χ0) is 20.9. The summed E-state index contributed by atoms with van der Waals surface area (Å²) in [5.74, 6) is 0.536. The third-order valence-electron chi connectivity index (χ3n) is 4.85. The van der Waals surface area contributed by atoms with Gasteiger partial charge in [0.05, 0.1) is 0 Å². The molecule has 2 aromatic carbocycles. The molecule has 1 atom stereocenters. The number of benzene rings is 2. The van der Waals surface area contributed by atoms with E-state index in [2.05, 4.69) is 10.3 Å². The third kappa shape index (κ3) is 4.69. The molecule has 4 aromatic rings. The molecule has 154 valence electrons. The topological polar surface area (TPSA) is 84.6 Å². The molecule has 0 aliphatic carbocycles. The lowest BCUT2D eigenvalue weighted by Crippen LogP contribution is -2.26. The Labute approximate surface area is 177 Å². The number of fused-ring (bicyclic) bond motifs is 1. The summed E-state index contributed by atoms with van der Waals surface area (Å²) in [5, 5.41) is 16.6. The molecule has 6 nitrogen and oxygen atoms in total. The number of anilines is 1. The largest absolute Gasteiger partial charge is 0.491 e. The first-order valence-corrected chi connectivity index (χ1v) is 10.5. The molecular formula is C23H22N2O4S. The monoisotopic (exact) mass is 422 g/mol. The molecule has 0 radical (unpaired) electrons. The van der Waals surface area contributed by atoms with Crippen LogP contribution in [0.3, 0.4) is 0 Å². The number of aliphatic hydroxyl groups is 1. The predicted molar refractivity (Wildman–Crippen MR) is 119 cm³/mol. The fraction of sp³-hybridized carbons (Fsp3) is 0.217. The van der Waals surface area contributed by atoms with Crippen molar-refractivity contribution in [1.82, 2.24) is 4.98 Å². The lowest BCUT2D eigenvalue weighted by molar-refractivity contribution is 0.117. The fourth-order valence-electron chi connectivity index (χ4n) is 3.24. The van der Waals surface area contributed by atoms with Gasteiger partial charge in [-0.25, -0.2) is 9.78 Å². The second-order valence-corrected chi connectivity index (χ2v) is 7.89. The Bertz CT molecular complexity index is 1170. The minimum atomic E-state index is -0.702. The van der Waals surface area contributed by atoms with Gasteiger partial charge in [-0.3, -0.25) is 0 Å². The Kier molecular flexibility index (Phi) is 6.11. The summed E-state index contributed by atoms with van der Waals surface area (Å²) in [7, 11) is 0. The Morgan fingerprint density at radius 1 is 1.23 bits per heavy atom. The number of rotatable bonds is 8. The first-order valence-electron chi connectivity index (χ1n) is 9.64. The summed E-state index contributed by atoms with van der Waals surface area (Å²) in [5.41, 5.74) is 2.76. The fourth-order valence-corrected chi connectivity index (χ4v) is 3.77. The van der Waals surface area contributed by atoms with Crippen LogP contribution in [0.1, 0.15) is 16.7 Å². The molecule has 0 aliphatic rings. The molecule has 0 fully saturated rings. The van der Waals surface area contributed by atoms with Crippen LogP contribution in [0.15, 0.2) is 69.3 Å². The lowest BCUT2D eigenvalue weighted by atomic mass is 10.00. The number of aromatic nitrogens is 1. The van der Waals surface area contributed by atoms with E-state index in [1.54, 1.807) is 12.3 Å². The van der Waals surface area contributed by atoms with E-state index >= 15 is 0 Å². The predicted octanol–water partition coefficient (Wildman–Crippen LogP) is 4.00. The average molecular weight is 423 g/mol. The number of thiazole rings is 1. The number of nitrogens with zero attached hydrogens (tertiary/aromatic N) is 1. The van der Waals surface area contributed by atoms with Crippen molar-refractivity contribution in [3.63, 3.8) is 0 Å². The van der Waals surface area contributed by atoms with Crippen LogP contribution in [0, 0.1) is 6.92 Å². The van der Waals surface area contributed by atoms with Crippen LogP contribution >= 0.6 is 11.3 Å². The van der Waals surface area contributed by atoms with E-state index in [-0.39, 0.29) is 12.2 Å². The number of hydrogen-bond donors (Lipinski definition) is 2. The highest BCUT2D eigenvalue weighted by Gasteiger charge is 2.13. The van der Waals surface area contributed by atoms with Crippen molar-refractivity contribution in [2.24, 2.45) is 0 Å². The summed E-state index contributed by atoms with van der Waals surface area (Å²) >= 11 is 1.47. The maximum absolute atomic E-state index is 12.6. The molecule has 0 amide bonds. The highest BCUT2D eigenvalue weighted by atomic mass is 32.1. The van der Waals surface area contributed by atoms with Gasteiger partial charge in [-0.2, -0.15) is 0 Å². The SMILES string of the molecule is Cc1c(Cc2ccccc2)c(=O)oc2cc(OCC(O)CNc3nccs3)ccc12. The maximum atomic E-state index is 12.6. The number of hydrogen-bond acceptors (Lipinski definition) is 7. The summed E-state index contributed by atoms with van der Waals surface area (Å²) in [6.45, 7) is 2.38. The van der Waals surface area contributed by atoms with Gasteiger partial charge in [0.2, 0.25) is 0 Å². The first kappa shape index (κ1) is 20.1. The van der Waals surface area contributed by atoms with Crippen LogP contribution in [0.2, 0.25) is 0 Å². The second-order valence-electron chi connectivity index (χ2n) is 7.00. The number of aliphatic hydroxyl groups excluding tert-OH is 1. The smallest absolute Gasteiger partial charge is 0.340 e. The van der Waals surface area contributed by atoms with Crippen LogP contribution in [-0.4, -0.2) is 29.3 Å². The van der Waals surface area contributed by atoms with Crippen molar-refractivity contribution in [2.75, 3.05) is 18.5 Å². The molecule has 2 aromatic heterocycles. The second kappa shape index (κ2) is 9.11. The molecule has 2 heterocycles. The maximum Gasteiger partial charge on any atom is 0.340 e. The molecule has 0 saturated heterocycles. The van der Waals surface area contributed by atoms with Gasteiger partial charge in [-0.1, -0.05) is 30.3 Å². The van der Waals surface area contributed by atoms with Gasteiger partial charge < -0.3 is 19.6 Å². The van der Waals surface area contributed by atoms with Crippen LogP contribution < -0.4 is 15.7 Å². The summed E-state index contributed by atoms with van der Waals surface area (Å²) in [6, 6.07) is 15.3. The Morgan fingerprint density at radius 2 is 2.07 bits per heavy atom. The Hall–Kier alpha value is -3.16. The van der Waals surface area contributed by atoms with E-state index in [0.29, 0.717) is 29.9 Å². The zero-order valence-corrected chi connectivity index (χ0v) is 17.3. The van der Waals surface area contributed by atoms with Gasteiger partial charge in [0.25, 0.3) is 0 Å².